The largest absolute Gasteiger partial charge is 0.480 e. The highest BCUT2D eigenvalue weighted by atomic mass is 127. The summed E-state index contributed by atoms with van der Waals surface area (Å²) in [5.74, 6) is 2.55. The van der Waals surface area contributed by atoms with Gasteiger partial charge >= 0.3 is 29.8 Å². The lowest BCUT2D eigenvalue weighted by Crippen LogP contribution is -2.40. The molecule has 0 saturated carbocycles. The third-order valence-corrected chi connectivity index (χ3v) is 11.6. The number of hydrogen-bond donors (Lipinski definition) is 20. The number of aliphatic carboxylic acids is 2. The van der Waals surface area contributed by atoms with E-state index >= 15 is 0 Å². The summed E-state index contributed by atoms with van der Waals surface area (Å²) in [6, 6.07) is 10.5. The summed E-state index contributed by atoms with van der Waals surface area (Å²) < 4.78 is 54.4. The van der Waals surface area contributed by atoms with Gasteiger partial charge in [-0.15, -0.1) is 0 Å². The van der Waals surface area contributed by atoms with Gasteiger partial charge in [0.15, 0.2) is 16.3 Å². The van der Waals surface area contributed by atoms with E-state index in [9.17, 15) is 80.4 Å². The number of aromatic nitrogens is 4. The maximum Gasteiger partial charge on any atom is 0.435 e. The highest BCUT2D eigenvalue weighted by molar-refractivity contribution is 14.1. The molecular formula is C50H71BrF4IN23O17S2. The number of benzene rings is 2. The fourth-order valence-electron chi connectivity index (χ4n) is 5.74. The van der Waals surface area contributed by atoms with Gasteiger partial charge in [0, 0.05) is 59.1 Å². The van der Waals surface area contributed by atoms with Gasteiger partial charge in [-0.05, 0) is 102 Å². The first-order chi connectivity index (χ1) is 45.9. The van der Waals surface area contributed by atoms with Crippen molar-refractivity contribution in [3.8, 4) is 0 Å². The molecule has 7 amide bonds. The van der Waals surface area contributed by atoms with Crippen LogP contribution in [0.4, 0.5) is 34.9 Å². The Morgan fingerprint density at radius 1 is 0.755 bits per heavy atom. The fraction of sp³-hybridized carbons (Fsp3) is 0.360. The summed E-state index contributed by atoms with van der Waals surface area (Å²) in [6.07, 6.45) is 0.906. The molecule has 0 radical (unpaired) electrons. The highest BCUT2D eigenvalue weighted by Gasteiger charge is 2.34. The van der Waals surface area contributed by atoms with Crippen LogP contribution in [-0.4, -0.2) is 190 Å². The SMILES string of the molecule is CC(Br)C(=O)NCC(=O)NCC(=O)O.CC(C(=O)NCC(O)CO)n1ccnc1[N+](=O)[O-].NC(=S)N/N=C/Cn1ccc(=O)n(C/C=N/NC(N)=S)c1=O.NCCC(=O)NCC(=O)NCC(=O)O.NNC(=O)CNc1ccc(F)c(C(F)(F)F)c1.NNC(=O)CNc1cccc(I)c1. The van der Waals surface area contributed by atoms with Crippen molar-refractivity contribution >= 4 is 156 Å². The molecule has 3 unspecified atom stereocenters. The Bertz CT molecular complexity index is 3480. The van der Waals surface area contributed by atoms with Crippen LogP contribution in [0.25, 0.3) is 0 Å². The zero-order valence-electron chi connectivity index (χ0n) is 51.4. The second-order valence-corrected chi connectivity index (χ2v) is 21.5. The smallest absolute Gasteiger partial charge is 0.435 e. The number of aliphatic hydroxyl groups is 2. The third-order valence-electron chi connectivity index (χ3n) is 10.3. The number of aliphatic hydroxyl groups excluding tert-OH is 2. The average Bonchev–Trinajstić information content (AvgIpc) is 1.62. The van der Waals surface area contributed by atoms with Gasteiger partial charge in [0.1, 0.15) is 31.3 Å². The number of amides is 7. The predicted octanol–water partition coefficient (Wildman–Crippen LogP) is -4.85. The molecule has 0 spiro atoms. The normalized spacial score (nSPS) is 11.2. The number of hydrogen-bond acceptors (Lipinski definition) is 25. The molecule has 0 aliphatic rings. The van der Waals surface area contributed by atoms with E-state index in [1.165, 1.54) is 48.6 Å². The minimum Gasteiger partial charge on any atom is -0.480 e. The lowest BCUT2D eigenvalue weighted by molar-refractivity contribution is -0.397. The number of thiocarbonyl (C=S) groups is 2. The van der Waals surface area contributed by atoms with Gasteiger partial charge in [-0.1, -0.05) is 27.0 Å². The van der Waals surface area contributed by atoms with Crippen molar-refractivity contribution in [1.29, 1.82) is 0 Å². The molecule has 25 N–H and O–H groups in total. The summed E-state index contributed by atoms with van der Waals surface area (Å²) in [5.41, 5.74) is 22.5. The molecule has 0 bridgehead atoms. The highest BCUT2D eigenvalue weighted by Crippen LogP contribution is 2.33. The monoisotopic (exact) mass is 1610 g/mol. The van der Waals surface area contributed by atoms with Crippen LogP contribution < -0.4 is 99.1 Å². The topological polar surface area (TPSA) is 627 Å². The van der Waals surface area contributed by atoms with E-state index in [0.29, 0.717) is 12.1 Å². The lowest BCUT2D eigenvalue weighted by Gasteiger charge is -2.13. The number of carboxylic acid groups (broad SMARTS) is 2. The molecule has 0 aliphatic carbocycles. The summed E-state index contributed by atoms with van der Waals surface area (Å²) in [6.45, 7) is 1.34. The second kappa shape index (κ2) is 50.4. The van der Waals surface area contributed by atoms with Gasteiger partial charge in [-0.2, -0.15) is 23.4 Å². The number of nitrogens with one attached hydrogen (secondary N) is 11. The molecule has 48 heteroatoms. The minimum absolute atomic E-state index is 0.00935. The Labute approximate surface area is 584 Å². The number of hydrazone groups is 2. The van der Waals surface area contributed by atoms with Crippen molar-refractivity contribution in [2.45, 2.75) is 56.5 Å². The Balaban J connectivity index is 0. The quantitative estimate of drug-likeness (QED) is 0.00279. The maximum atomic E-state index is 12.9. The Morgan fingerprint density at radius 3 is 1.74 bits per heavy atom. The maximum absolute atomic E-state index is 12.9. The first kappa shape index (κ1) is 90.1. The number of nitrogens with two attached hydrogens (primary N) is 5. The van der Waals surface area contributed by atoms with Gasteiger partial charge in [0.25, 0.3) is 23.3 Å². The van der Waals surface area contributed by atoms with Gasteiger partial charge in [-0.25, -0.2) is 25.4 Å². The number of carbonyl (C=O) groups excluding carboxylic acids is 7. The van der Waals surface area contributed by atoms with Crippen LogP contribution in [0.1, 0.15) is 31.9 Å². The van der Waals surface area contributed by atoms with Crippen molar-refractivity contribution in [3.05, 3.63) is 113 Å². The molecule has 2 heterocycles. The van der Waals surface area contributed by atoms with Crippen LogP contribution >= 0.6 is 63.0 Å². The summed E-state index contributed by atoms with van der Waals surface area (Å²) in [7, 11) is 0. The average molecular weight is 1610 g/mol. The van der Waals surface area contributed by atoms with Crippen molar-refractivity contribution in [2.24, 2.45) is 39.1 Å². The van der Waals surface area contributed by atoms with Crippen LogP contribution in [0.5, 0.6) is 0 Å². The number of carbonyl (C=O) groups is 9. The van der Waals surface area contributed by atoms with E-state index < -0.39 is 107 Å². The predicted molar refractivity (Wildman–Crippen MR) is 363 cm³/mol. The van der Waals surface area contributed by atoms with Gasteiger partial charge in [-0.3, -0.25) is 78.8 Å². The summed E-state index contributed by atoms with van der Waals surface area (Å²) >= 11 is 14.3. The Hall–Kier alpha value is -9.99. The molecule has 40 nitrogen and oxygen atoms in total. The Morgan fingerprint density at radius 2 is 1.28 bits per heavy atom. The molecule has 2 aromatic carbocycles. The van der Waals surface area contributed by atoms with E-state index in [1.807, 2.05) is 29.7 Å². The third kappa shape index (κ3) is 43.2. The van der Waals surface area contributed by atoms with E-state index in [0.717, 1.165) is 24.5 Å². The number of nitrogens with zero attached hydrogens (tertiary/aromatic N) is 7. The van der Waals surface area contributed by atoms with Crippen LogP contribution in [0.3, 0.4) is 0 Å². The van der Waals surface area contributed by atoms with Gasteiger partial charge in [0.2, 0.25) is 23.6 Å². The van der Waals surface area contributed by atoms with E-state index in [1.54, 1.807) is 12.3 Å². The molecule has 542 valence electrons. The Kier molecular flexibility index (Phi) is 46.3. The van der Waals surface area contributed by atoms with Crippen molar-refractivity contribution in [3.63, 3.8) is 0 Å². The number of halogens is 6. The molecular weight excluding hydrogens is 1540 g/mol. The fourth-order valence-corrected chi connectivity index (χ4v) is 6.55. The number of rotatable bonds is 29. The van der Waals surface area contributed by atoms with Crippen LogP contribution in [-0.2, 0) is 62.4 Å². The molecule has 0 fully saturated rings. The molecule has 2 aromatic heterocycles. The zero-order valence-corrected chi connectivity index (χ0v) is 56.8. The number of imidazole rings is 1. The van der Waals surface area contributed by atoms with Crippen molar-refractivity contribution in [2.75, 3.05) is 69.6 Å². The molecule has 0 aliphatic heterocycles. The minimum atomic E-state index is -4.78. The standard InChI is InChI=1S/C10H14N8O2S2.C9H9F4N3O.C9H14N4O5.C8H10IN3O.C7H11BrN2O4.C7H13N3O4/c11-8(21)15-13-2-5-17-4-1-7(19)18(10(17)20)6-3-14-16-9(12)22;10-7-2-1-5(15-4-8(17)16-14)3-6(7)9(11,12)13;1-6(8(16)11-4-7(15)5-14)12-3-2-10-9(12)13(17)18;9-6-2-1-3-7(4-6)11-5-8(13)12-10;1-4(8)7(14)10-2-5(11)9-3-6(12)13;8-2-1-5(11)9-3-6(12)10-4-7(13)14/h1-4H,5-6H2,(H3,11,15,21)(H3,12,16,22);1-3,15H,4,14H2,(H,16,17);2-3,6-7,14-15H,4-5H2,1H3,(H,11,16);1-4,11H,5,10H2,(H,12,13);4H,2-3H2,1H3,(H,9,11)(H,10,14)(H,12,13);1-4,8H2,(H,9,11)(H,10,12)(H,13,14)/b13-2+,14-3+;;;;;. The number of alkyl halides is 4. The second-order valence-electron chi connectivity index (χ2n) is 18.0. The van der Waals surface area contributed by atoms with Crippen LogP contribution in [0.15, 0.2) is 86.9 Å². The molecule has 0 saturated heterocycles. The van der Waals surface area contributed by atoms with Crippen LogP contribution in [0.2, 0.25) is 0 Å². The van der Waals surface area contributed by atoms with Crippen LogP contribution in [0, 0.1) is 19.5 Å². The number of carboxylic acids is 2. The van der Waals surface area contributed by atoms with Crippen molar-refractivity contribution < 1.29 is 86.1 Å². The van der Waals surface area contributed by atoms with E-state index in [4.69, 9.17) is 49.3 Å². The van der Waals surface area contributed by atoms with Gasteiger partial charge < -0.3 is 85.0 Å². The number of nitro groups is 1. The zero-order chi connectivity index (χ0) is 75.1. The molecule has 3 atom stereocenters. The first-order valence-electron chi connectivity index (χ1n) is 27.1. The van der Waals surface area contributed by atoms with E-state index in [2.05, 4.69) is 126 Å². The van der Waals surface area contributed by atoms with Gasteiger partial charge in [0.05, 0.1) is 62.4 Å². The van der Waals surface area contributed by atoms with Crippen molar-refractivity contribution in [1.82, 2.24) is 67.0 Å². The number of hydrazine groups is 2. The van der Waals surface area contributed by atoms with E-state index in [-0.39, 0.29) is 97.2 Å². The molecule has 4 rings (SSSR count). The molecule has 98 heavy (non-hydrogen) atoms. The number of anilines is 2. The molecule has 4 aromatic rings. The first-order valence-corrected chi connectivity index (χ1v) is 29.9. The lowest BCUT2D eigenvalue weighted by atomic mass is 10.2. The summed E-state index contributed by atoms with van der Waals surface area (Å²) in [5, 5.41) is 68.6. The summed E-state index contributed by atoms with van der Waals surface area (Å²) in [4.78, 5) is 134.